The third-order valence-electron chi connectivity index (χ3n) is 9.12. The third kappa shape index (κ3) is 5.60. The maximum absolute atomic E-state index is 15.0. The predicted molar refractivity (Wildman–Crippen MR) is 191 cm³/mol. The molecule has 7 nitrogen and oxygen atoms in total. The quantitative estimate of drug-likeness (QED) is 0.113. The van der Waals surface area contributed by atoms with Crippen molar-refractivity contribution < 1.29 is 27.1 Å². The standard InChI is InChI=1S/C40H31FN2O5S2/c1-48-38(45)33-26-34(50(46,47)32-20-12-5-13-21-32)40(29-16-8-3-9-17-29,30-18-10-4-11-19-30)43(33)39-42-35(27-14-6-2-7-15-27)37(49-39)36(44)28-22-24-31(41)25-23-28/h2-25,33-34H,26H2,1H3/t33-,34-/m1/s1. The van der Waals surface area contributed by atoms with Crippen LogP contribution in [0, 0.1) is 5.82 Å². The highest BCUT2D eigenvalue weighted by Crippen LogP contribution is 2.55. The first-order valence-electron chi connectivity index (χ1n) is 15.9. The van der Waals surface area contributed by atoms with Crippen LogP contribution in [0.25, 0.3) is 11.3 Å². The van der Waals surface area contributed by atoms with Crippen LogP contribution in [0.1, 0.15) is 32.8 Å². The van der Waals surface area contributed by atoms with Crippen LogP contribution in [0.2, 0.25) is 0 Å². The molecular weight excluding hydrogens is 672 g/mol. The minimum atomic E-state index is -4.15. The largest absolute Gasteiger partial charge is 0.467 e. The van der Waals surface area contributed by atoms with Gasteiger partial charge in [-0.3, -0.25) is 4.79 Å². The lowest BCUT2D eigenvalue weighted by molar-refractivity contribution is -0.142. The summed E-state index contributed by atoms with van der Waals surface area (Å²) in [6.45, 7) is 0. The van der Waals surface area contributed by atoms with E-state index in [0.717, 1.165) is 11.3 Å². The smallest absolute Gasteiger partial charge is 0.328 e. The molecule has 2 heterocycles. The number of sulfone groups is 1. The molecule has 2 atom stereocenters. The molecule has 0 N–H and O–H groups in total. The van der Waals surface area contributed by atoms with Gasteiger partial charge in [0.1, 0.15) is 27.5 Å². The number of ketones is 1. The van der Waals surface area contributed by atoms with Crippen molar-refractivity contribution in [3.05, 3.63) is 173 Å². The summed E-state index contributed by atoms with van der Waals surface area (Å²) in [4.78, 5) is 35.3. The molecule has 50 heavy (non-hydrogen) atoms. The Balaban J connectivity index is 1.56. The van der Waals surface area contributed by atoms with Crippen LogP contribution >= 0.6 is 11.3 Å². The molecule has 0 aliphatic carbocycles. The van der Waals surface area contributed by atoms with Crippen molar-refractivity contribution in [2.75, 3.05) is 12.0 Å². The fourth-order valence-corrected chi connectivity index (χ4v) is 10.2. The van der Waals surface area contributed by atoms with E-state index in [4.69, 9.17) is 9.72 Å². The number of esters is 1. The number of aromatic nitrogens is 1. The van der Waals surface area contributed by atoms with Crippen LogP contribution in [-0.4, -0.2) is 43.6 Å². The zero-order valence-electron chi connectivity index (χ0n) is 26.8. The normalized spacial score (nSPS) is 17.0. The monoisotopic (exact) mass is 702 g/mol. The second-order valence-corrected chi connectivity index (χ2v) is 15.0. The number of ether oxygens (including phenoxy) is 1. The molecule has 0 bridgehead atoms. The van der Waals surface area contributed by atoms with E-state index in [9.17, 15) is 22.4 Å². The molecule has 10 heteroatoms. The molecule has 0 saturated carbocycles. The Morgan fingerprint density at radius 3 is 1.84 bits per heavy atom. The van der Waals surface area contributed by atoms with Crippen molar-refractivity contribution in [1.82, 2.24) is 4.98 Å². The van der Waals surface area contributed by atoms with Crippen LogP contribution in [0.15, 0.2) is 150 Å². The van der Waals surface area contributed by atoms with Crippen molar-refractivity contribution in [3.63, 3.8) is 0 Å². The molecule has 1 saturated heterocycles. The van der Waals surface area contributed by atoms with Crippen LogP contribution in [0.4, 0.5) is 9.52 Å². The average molecular weight is 703 g/mol. The molecule has 1 aliphatic heterocycles. The fraction of sp³-hybridized carbons (Fsp3) is 0.125. The van der Waals surface area contributed by atoms with Gasteiger partial charge in [0, 0.05) is 11.1 Å². The number of carbonyl (C=O) groups is 2. The van der Waals surface area contributed by atoms with E-state index in [1.54, 1.807) is 35.2 Å². The molecular formula is C40H31FN2O5S2. The summed E-state index contributed by atoms with van der Waals surface area (Å²) < 4.78 is 49.2. The first-order chi connectivity index (χ1) is 24.3. The lowest BCUT2D eigenvalue weighted by Gasteiger charge is -2.44. The number of thiazole rings is 1. The van der Waals surface area contributed by atoms with Crippen LogP contribution < -0.4 is 4.90 Å². The average Bonchev–Trinajstić information content (AvgIpc) is 3.77. The maximum atomic E-state index is 15.0. The van der Waals surface area contributed by atoms with Crippen molar-refractivity contribution >= 4 is 38.1 Å². The fourth-order valence-electron chi connectivity index (χ4n) is 6.92. The molecule has 0 amide bonds. The number of halogens is 1. The molecule has 6 aromatic rings. The molecule has 250 valence electrons. The molecule has 0 spiro atoms. The van der Waals surface area contributed by atoms with E-state index in [1.807, 2.05) is 91.0 Å². The van der Waals surface area contributed by atoms with Crippen molar-refractivity contribution in [2.24, 2.45) is 0 Å². The Bertz CT molecular complexity index is 2210. The van der Waals surface area contributed by atoms with Gasteiger partial charge in [0.15, 0.2) is 15.0 Å². The lowest BCUT2D eigenvalue weighted by Crippen LogP contribution is -2.54. The Morgan fingerprint density at radius 1 is 0.780 bits per heavy atom. The second-order valence-electron chi connectivity index (χ2n) is 11.9. The summed E-state index contributed by atoms with van der Waals surface area (Å²) in [5.41, 5.74) is 0.972. The summed E-state index contributed by atoms with van der Waals surface area (Å²) >= 11 is 1.06. The molecule has 1 aromatic heterocycles. The molecule has 1 fully saturated rings. The van der Waals surface area contributed by atoms with Gasteiger partial charge in [-0.05, 0) is 53.9 Å². The summed E-state index contributed by atoms with van der Waals surface area (Å²) in [5.74, 6) is -1.51. The van der Waals surface area contributed by atoms with Gasteiger partial charge in [-0.2, -0.15) is 0 Å². The first kappa shape index (κ1) is 33.1. The Hall–Kier alpha value is -5.45. The number of carbonyl (C=O) groups excluding carboxylic acids is 2. The van der Waals surface area contributed by atoms with Crippen LogP contribution in [0.5, 0.6) is 0 Å². The highest BCUT2D eigenvalue weighted by Gasteiger charge is 2.63. The van der Waals surface area contributed by atoms with Crippen LogP contribution in [0.3, 0.4) is 0 Å². The maximum Gasteiger partial charge on any atom is 0.328 e. The number of benzene rings is 5. The van der Waals surface area contributed by atoms with Gasteiger partial charge in [0.2, 0.25) is 5.78 Å². The minimum absolute atomic E-state index is 0.114. The van der Waals surface area contributed by atoms with Crippen LogP contribution in [-0.2, 0) is 24.9 Å². The van der Waals surface area contributed by atoms with E-state index in [0.29, 0.717) is 22.4 Å². The third-order valence-corrected chi connectivity index (χ3v) is 12.4. The van der Waals surface area contributed by atoms with Gasteiger partial charge in [-0.1, -0.05) is 121 Å². The number of hydrogen-bond acceptors (Lipinski definition) is 8. The van der Waals surface area contributed by atoms with E-state index < -0.39 is 38.5 Å². The molecule has 0 unspecified atom stereocenters. The second kappa shape index (κ2) is 13.5. The Labute approximate surface area is 293 Å². The van der Waals surface area contributed by atoms with Gasteiger partial charge in [-0.25, -0.2) is 22.6 Å². The van der Waals surface area contributed by atoms with Gasteiger partial charge < -0.3 is 9.64 Å². The van der Waals surface area contributed by atoms with Gasteiger partial charge in [-0.15, -0.1) is 0 Å². The SMILES string of the molecule is COC(=O)[C@H]1C[C@@H](S(=O)(=O)c2ccccc2)C(c2ccccc2)(c2ccccc2)N1c1nc(-c2ccccc2)c(C(=O)c2ccc(F)cc2)s1. The van der Waals surface area contributed by atoms with Gasteiger partial charge in [0.05, 0.1) is 17.7 Å². The minimum Gasteiger partial charge on any atom is -0.467 e. The van der Waals surface area contributed by atoms with E-state index in [-0.39, 0.29) is 32.7 Å². The summed E-state index contributed by atoms with van der Waals surface area (Å²) in [7, 11) is -2.88. The topological polar surface area (TPSA) is 93.6 Å². The van der Waals surface area contributed by atoms with E-state index in [1.165, 1.54) is 31.4 Å². The number of hydrogen-bond donors (Lipinski definition) is 0. The van der Waals surface area contributed by atoms with E-state index >= 15 is 0 Å². The number of rotatable bonds is 9. The van der Waals surface area contributed by atoms with Crippen molar-refractivity contribution in [1.29, 1.82) is 0 Å². The number of nitrogens with zero attached hydrogens (tertiary/aromatic N) is 2. The molecule has 5 aromatic carbocycles. The van der Waals surface area contributed by atoms with Crippen molar-refractivity contribution in [3.8, 4) is 11.3 Å². The highest BCUT2D eigenvalue weighted by molar-refractivity contribution is 7.92. The Morgan fingerprint density at radius 2 is 1.30 bits per heavy atom. The Kier molecular flexibility index (Phi) is 8.90. The first-order valence-corrected chi connectivity index (χ1v) is 18.3. The molecule has 0 radical (unpaired) electrons. The molecule has 7 rings (SSSR count). The summed E-state index contributed by atoms with van der Waals surface area (Å²) in [6, 6.07) is 39.9. The zero-order valence-corrected chi connectivity index (χ0v) is 28.5. The number of methoxy groups -OCH3 is 1. The van der Waals surface area contributed by atoms with Gasteiger partial charge in [0.25, 0.3) is 0 Å². The van der Waals surface area contributed by atoms with E-state index in [2.05, 4.69) is 0 Å². The highest BCUT2D eigenvalue weighted by atomic mass is 32.2. The molecule has 1 aliphatic rings. The summed E-state index contributed by atoms with van der Waals surface area (Å²) in [5, 5.41) is -0.949. The predicted octanol–water partition coefficient (Wildman–Crippen LogP) is 7.72. The zero-order chi connectivity index (χ0) is 34.9. The lowest BCUT2D eigenvalue weighted by atomic mass is 9.80. The summed E-state index contributed by atoms with van der Waals surface area (Å²) in [6.07, 6.45) is -0.130. The van der Waals surface area contributed by atoms with Crippen molar-refractivity contribution in [2.45, 2.75) is 28.1 Å². The van der Waals surface area contributed by atoms with Gasteiger partial charge >= 0.3 is 5.97 Å². The number of anilines is 1.